The number of carbonyl (C=O) groups is 1. The first-order chi connectivity index (χ1) is 9.67. The molecular formula is C13H19ClN2O3S. The van der Waals surface area contributed by atoms with Gasteiger partial charge >= 0.3 is 5.97 Å². The van der Waals surface area contributed by atoms with Crippen molar-refractivity contribution in [1.82, 2.24) is 4.98 Å². The summed E-state index contributed by atoms with van der Waals surface area (Å²) in [6.07, 6.45) is 5.82. The molecule has 1 aliphatic rings. The van der Waals surface area contributed by atoms with Gasteiger partial charge < -0.3 is 14.7 Å². The molecule has 1 aliphatic carbocycles. The molecule has 0 saturated heterocycles. The summed E-state index contributed by atoms with van der Waals surface area (Å²) >= 11 is 7.24. The average Bonchev–Trinajstić information content (AvgIpc) is 2.86. The van der Waals surface area contributed by atoms with Crippen molar-refractivity contribution in [1.29, 1.82) is 0 Å². The van der Waals surface area contributed by atoms with Crippen molar-refractivity contribution in [2.75, 3.05) is 25.2 Å². The summed E-state index contributed by atoms with van der Waals surface area (Å²) in [5.41, 5.74) is 0. The summed E-state index contributed by atoms with van der Waals surface area (Å²) in [6, 6.07) is 0.364. The number of anilines is 1. The lowest BCUT2D eigenvalue weighted by molar-refractivity contribution is 0.0606. The predicted molar refractivity (Wildman–Crippen MR) is 79.8 cm³/mol. The Morgan fingerprint density at radius 1 is 1.50 bits per heavy atom. The van der Waals surface area contributed by atoms with Crippen molar-refractivity contribution in [3.63, 3.8) is 0 Å². The molecule has 0 aromatic carbocycles. The van der Waals surface area contributed by atoms with Crippen molar-refractivity contribution < 1.29 is 14.6 Å². The highest BCUT2D eigenvalue weighted by Crippen LogP contribution is 2.34. The summed E-state index contributed by atoms with van der Waals surface area (Å²) in [5.74, 6) is -0.466. The molecule has 20 heavy (non-hydrogen) atoms. The molecule has 7 heteroatoms. The highest BCUT2D eigenvalue weighted by atomic mass is 35.5. The fourth-order valence-corrected chi connectivity index (χ4v) is 3.86. The Morgan fingerprint density at radius 3 is 2.80 bits per heavy atom. The Labute approximate surface area is 127 Å². The summed E-state index contributed by atoms with van der Waals surface area (Å²) in [7, 11) is 1.32. The molecule has 5 nitrogen and oxygen atoms in total. The number of hydrogen-bond donors (Lipinski definition) is 1. The third-order valence-corrected chi connectivity index (χ3v) is 5.01. The first-order valence-electron chi connectivity index (χ1n) is 6.79. The minimum Gasteiger partial charge on any atom is -0.465 e. The number of methoxy groups -OCH3 is 1. The predicted octanol–water partition coefficient (Wildman–Crippen LogP) is 2.71. The molecule has 1 aromatic heterocycles. The standard InChI is InChI=1S/C13H19ClN2O3S/c1-19-12(18)10-11(14)15-13(20-10)16(7-8-17)9-5-3-2-4-6-9/h9,17H,2-8H2,1H3. The minimum atomic E-state index is -0.466. The maximum absolute atomic E-state index is 11.6. The second-order valence-corrected chi connectivity index (χ2v) is 6.15. The van der Waals surface area contributed by atoms with Gasteiger partial charge in [-0.3, -0.25) is 0 Å². The van der Waals surface area contributed by atoms with E-state index in [4.69, 9.17) is 16.3 Å². The van der Waals surface area contributed by atoms with Gasteiger partial charge in [-0.05, 0) is 12.8 Å². The molecule has 0 aliphatic heterocycles. The van der Waals surface area contributed by atoms with Gasteiger partial charge in [-0.15, -0.1) is 0 Å². The largest absolute Gasteiger partial charge is 0.465 e. The normalized spacial score (nSPS) is 16.1. The SMILES string of the molecule is COC(=O)c1sc(N(CCO)C2CCCCC2)nc1Cl. The van der Waals surface area contributed by atoms with Crippen LogP contribution in [0.25, 0.3) is 0 Å². The number of ether oxygens (including phenoxy) is 1. The van der Waals surface area contributed by atoms with E-state index in [1.807, 2.05) is 0 Å². The second-order valence-electron chi connectivity index (χ2n) is 4.82. The quantitative estimate of drug-likeness (QED) is 0.846. The van der Waals surface area contributed by atoms with Crippen molar-refractivity contribution in [3.8, 4) is 0 Å². The molecule has 0 atom stereocenters. The third-order valence-electron chi connectivity index (χ3n) is 3.55. The lowest BCUT2D eigenvalue weighted by atomic mass is 9.94. The molecule has 0 unspecified atom stereocenters. The molecule has 1 fully saturated rings. The number of esters is 1. The van der Waals surface area contributed by atoms with Crippen molar-refractivity contribution >= 4 is 34.0 Å². The molecule has 0 radical (unpaired) electrons. The summed E-state index contributed by atoms with van der Waals surface area (Å²) in [4.78, 5) is 18.3. The van der Waals surface area contributed by atoms with E-state index in [1.54, 1.807) is 0 Å². The van der Waals surface area contributed by atoms with Crippen LogP contribution in [0.1, 0.15) is 41.8 Å². The molecule has 1 N–H and O–H groups in total. The van der Waals surface area contributed by atoms with E-state index < -0.39 is 5.97 Å². The lowest BCUT2D eigenvalue weighted by Crippen LogP contribution is -2.38. The Hall–Kier alpha value is -0.850. The second kappa shape index (κ2) is 7.24. The van der Waals surface area contributed by atoms with E-state index in [9.17, 15) is 9.90 Å². The van der Waals surface area contributed by atoms with Crippen LogP contribution in [0.2, 0.25) is 5.15 Å². The number of halogens is 1. The van der Waals surface area contributed by atoms with Crippen LogP contribution in [0, 0.1) is 0 Å². The zero-order valence-electron chi connectivity index (χ0n) is 11.5. The van der Waals surface area contributed by atoms with E-state index in [-0.39, 0.29) is 11.8 Å². The number of aliphatic hydroxyl groups is 1. The zero-order valence-corrected chi connectivity index (χ0v) is 13.0. The lowest BCUT2D eigenvalue weighted by Gasteiger charge is -2.33. The Kier molecular flexibility index (Phi) is 5.63. The van der Waals surface area contributed by atoms with E-state index in [2.05, 4.69) is 9.88 Å². The van der Waals surface area contributed by atoms with Crippen LogP contribution in [0.3, 0.4) is 0 Å². The first kappa shape index (κ1) is 15.5. The number of nitrogens with zero attached hydrogens (tertiary/aromatic N) is 2. The van der Waals surface area contributed by atoms with Gasteiger partial charge in [0.2, 0.25) is 0 Å². The number of thiazole rings is 1. The monoisotopic (exact) mass is 318 g/mol. The van der Waals surface area contributed by atoms with E-state index in [0.717, 1.165) is 12.8 Å². The smallest absolute Gasteiger partial charge is 0.351 e. The highest BCUT2D eigenvalue weighted by Gasteiger charge is 2.26. The molecule has 1 heterocycles. The van der Waals surface area contributed by atoms with Gasteiger partial charge in [0, 0.05) is 12.6 Å². The molecule has 0 bridgehead atoms. The van der Waals surface area contributed by atoms with Crippen LogP contribution >= 0.6 is 22.9 Å². The van der Waals surface area contributed by atoms with Crippen LogP contribution < -0.4 is 4.90 Å². The summed E-state index contributed by atoms with van der Waals surface area (Å²) < 4.78 is 4.69. The highest BCUT2D eigenvalue weighted by molar-refractivity contribution is 7.18. The van der Waals surface area contributed by atoms with Gasteiger partial charge in [-0.25, -0.2) is 9.78 Å². The molecule has 1 aromatic rings. The molecule has 2 rings (SSSR count). The van der Waals surface area contributed by atoms with Crippen LogP contribution in [0.15, 0.2) is 0 Å². The van der Waals surface area contributed by atoms with Gasteiger partial charge in [0.15, 0.2) is 15.2 Å². The molecule has 112 valence electrons. The average molecular weight is 319 g/mol. The number of carbonyl (C=O) groups excluding carboxylic acids is 1. The molecule has 0 amide bonds. The summed E-state index contributed by atoms with van der Waals surface area (Å²) in [5, 5.41) is 10.1. The van der Waals surface area contributed by atoms with Crippen molar-refractivity contribution in [2.24, 2.45) is 0 Å². The number of aliphatic hydroxyl groups excluding tert-OH is 1. The van der Waals surface area contributed by atoms with Crippen LogP contribution in [0.5, 0.6) is 0 Å². The zero-order chi connectivity index (χ0) is 14.5. The fraction of sp³-hybridized carbons (Fsp3) is 0.692. The van der Waals surface area contributed by atoms with Crippen molar-refractivity contribution in [3.05, 3.63) is 10.0 Å². The van der Waals surface area contributed by atoms with Gasteiger partial charge in [-0.1, -0.05) is 42.2 Å². The van der Waals surface area contributed by atoms with Crippen LogP contribution in [0.4, 0.5) is 5.13 Å². The Morgan fingerprint density at radius 2 is 2.20 bits per heavy atom. The minimum absolute atomic E-state index is 0.0568. The van der Waals surface area contributed by atoms with Gasteiger partial charge in [0.25, 0.3) is 0 Å². The van der Waals surface area contributed by atoms with E-state index in [0.29, 0.717) is 22.6 Å². The van der Waals surface area contributed by atoms with Crippen LogP contribution in [-0.4, -0.2) is 42.4 Å². The number of rotatable bonds is 5. The van der Waals surface area contributed by atoms with Crippen LogP contribution in [-0.2, 0) is 4.74 Å². The molecule has 1 saturated carbocycles. The van der Waals surface area contributed by atoms with Gasteiger partial charge in [0.05, 0.1) is 13.7 Å². The van der Waals surface area contributed by atoms with E-state index >= 15 is 0 Å². The third kappa shape index (κ3) is 3.42. The summed E-state index contributed by atoms with van der Waals surface area (Å²) in [6.45, 7) is 0.566. The topological polar surface area (TPSA) is 62.7 Å². The maximum Gasteiger partial charge on any atom is 0.351 e. The number of aromatic nitrogens is 1. The van der Waals surface area contributed by atoms with Gasteiger partial charge in [-0.2, -0.15) is 0 Å². The maximum atomic E-state index is 11.6. The fourth-order valence-electron chi connectivity index (χ4n) is 2.57. The molecular weight excluding hydrogens is 300 g/mol. The van der Waals surface area contributed by atoms with Gasteiger partial charge in [0.1, 0.15) is 0 Å². The van der Waals surface area contributed by atoms with E-state index in [1.165, 1.54) is 37.7 Å². The first-order valence-corrected chi connectivity index (χ1v) is 7.99. The number of hydrogen-bond acceptors (Lipinski definition) is 6. The Balaban J connectivity index is 2.22. The Bertz CT molecular complexity index is 460. The molecule has 0 spiro atoms. The van der Waals surface area contributed by atoms with Crippen molar-refractivity contribution in [2.45, 2.75) is 38.1 Å².